The highest BCUT2D eigenvalue weighted by atomic mass is 35.5. The Balaban J connectivity index is 0.00000306. The Morgan fingerprint density at radius 1 is 1.18 bits per heavy atom. The molecule has 1 aromatic carbocycles. The normalized spacial score (nSPS) is 15.4. The van der Waals surface area contributed by atoms with Gasteiger partial charge in [0, 0.05) is 43.3 Å². The summed E-state index contributed by atoms with van der Waals surface area (Å²) in [6, 6.07) is 7.80. The molecular weight excluding hydrogens is 469 g/mol. The molecule has 1 aliphatic heterocycles. The third-order valence-electron chi connectivity index (χ3n) is 5.76. The maximum atomic E-state index is 14.2. The molecule has 3 aromatic rings. The standard InChI is InChI=1S/C22H26FN5O3S.ClH/c1-3-12-32(30,31)28-10-8-16(9-11-28)25-22-24-14-15-13-18(17-6-4-5-7-19(17)23)21(29)27(2)20(15)26-22;/h4-7,13-14,16H,3,8-12H2,1-2H3,(H,24,25,26);1H. The molecule has 4 rings (SSSR count). The highest BCUT2D eigenvalue weighted by Gasteiger charge is 2.27. The Bertz CT molecular complexity index is 1310. The molecule has 0 spiro atoms. The molecule has 1 aliphatic rings. The van der Waals surface area contributed by atoms with Gasteiger partial charge in [0.1, 0.15) is 11.5 Å². The summed E-state index contributed by atoms with van der Waals surface area (Å²) in [6.07, 6.45) is 3.50. The predicted octanol–water partition coefficient (Wildman–Crippen LogP) is 3.17. The van der Waals surface area contributed by atoms with Crippen molar-refractivity contribution in [2.45, 2.75) is 32.2 Å². The van der Waals surface area contributed by atoms with E-state index in [4.69, 9.17) is 0 Å². The molecule has 1 fully saturated rings. The number of rotatable bonds is 6. The molecule has 3 heterocycles. The van der Waals surface area contributed by atoms with Crippen LogP contribution in [0, 0.1) is 5.82 Å². The first kappa shape index (κ1) is 25.1. The van der Waals surface area contributed by atoms with Crippen molar-refractivity contribution >= 4 is 39.4 Å². The smallest absolute Gasteiger partial charge is 0.259 e. The van der Waals surface area contributed by atoms with Crippen molar-refractivity contribution in [2.24, 2.45) is 7.05 Å². The number of hydrogen-bond donors (Lipinski definition) is 1. The van der Waals surface area contributed by atoms with Gasteiger partial charge in [0.15, 0.2) is 0 Å². The monoisotopic (exact) mass is 495 g/mol. The molecule has 0 atom stereocenters. The largest absolute Gasteiger partial charge is 0.351 e. The molecule has 11 heteroatoms. The van der Waals surface area contributed by atoms with E-state index in [1.165, 1.54) is 10.6 Å². The van der Waals surface area contributed by atoms with Gasteiger partial charge in [-0.25, -0.2) is 22.1 Å². The van der Waals surface area contributed by atoms with Gasteiger partial charge in [0.25, 0.3) is 5.56 Å². The van der Waals surface area contributed by atoms with E-state index in [1.807, 2.05) is 6.92 Å². The number of sulfonamides is 1. The van der Waals surface area contributed by atoms with Gasteiger partial charge in [0.05, 0.1) is 11.3 Å². The molecular formula is C22H27ClFN5O3S. The molecule has 0 unspecified atom stereocenters. The van der Waals surface area contributed by atoms with Crippen molar-refractivity contribution in [3.63, 3.8) is 0 Å². The first-order chi connectivity index (χ1) is 15.3. The van der Waals surface area contributed by atoms with E-state index in [0.29, 0.717) is 49.3 Å². The number of nitrogens with one attached hydrogen (secondary N) is 1. The number of aromatic nitrogens is 3. The Hall–Kier alpha value is -2.56. The lowest BCUT2D eigenvalue weighted by molar-refractivity contribution is 0.329. The Labute approximate surface area is 198 Å². The number of halogens is 2. The lowest BCUT2D eigenvalue weighted by Gasteiger charge is -2.31. The molecule has 0 bridgehead atoms. The van der Waals surface area contributed by atoms with Gasteiger partial charge in [-0.3, -0.25) is 9.36 Å². The number of hydrogen-bond acceptors (Lipinski definition) is 6. The van der Waals surface area contributed by atoms with Crippen LogP contribution in [0.25, 0.3) is 22.2 Å². The van der Waals surface area contributed by atoms with Crippen LogP contribution in [0.5, 0.6) is 0 Å². The van der Waals surface area contributed by atoms with Crippen LogP contribution >= 0.6 is 12.4 Å². The van der Waals surface area contributed by atoms with Crippen molar-refractivity contribution in [1.29, 1.82) is 0 Å². The molecule has 2 aromatic heterocycles. The third-order valence-corrected chi connectivity index (χ3v) is 7.83. The quantitative estimate of drug-likeness (QED) is 0.564. The van der Waals surface area contributed by atoms with Gasteiger partial charge >= 0.3 is 0 Å². The zero-order valence-electron chi connectivity index (χ0n) is 18.5. The molecule has 33 heavy (non-hydrogen) atoms. The first-order valence-electron chi connectivity index (χ1n) is 10.7. The van der Waals surface area contributed by atoms with Crippen LogP contribution in [-0.4, -0.2) is 52.1 Å². The number of piperidine rings is 1. The second-order valence-corrected chi connectivity index (χ2v) is 10.1. The zero-order chi connectivity index (χ0) is 22.9. The first-order valence-corrected chi connectivity index (χ1v) is 12.3. The van der Waals surface area contributed by atoms with Gasteiger partial charge < -0.3 is 5.32 Å². The molecule has 0 radical (unpaired) electrons. The Kier molecular flexibility index (Phi) is 7.71. The second kappa shape index (κ2) is 10.1. The minimum atomic E-state index is -3.19. The van der Waals surface area contributed by atoms with E-state index in [9.17, 15) is 17.6 Å². The van der Waals surface area contributed by atoms with E-state index < -0.39 is 15.8 Å². The number of anilines is 1. The lowest BCUT2D eigenvalue weighted by Crippen LogP contribution is -2.43. The maximum Gasteiger partial charge on any atom is 0.259 e. The SMILES string of the molecule is CCCS(=O)(=O)N1CCC(Nc2ncc3cc(-c4ccccc4F)c(=O)n(C)c3n2)CC1.Cl. The molecule has 8 nitrogen and oxygen atoms in total. The summed E-state index contributed by atoms with van der Waals surface area (Å²) in [5, 5.41) is 3.88. The summed E-state index contributed by atoms with van der Waals surface area (Å²) in [4.78, 5) is 21.7. The molecule has 0 amide bonds. The van der Waals surface area contributed by atoms with E-state index >= 15 is 0 Å². The van der Waals surface area contributed by atoms with Crippen LogP contribution in [-0.2, 0) is 17.1 Å². The van der Waals surface area contributed by atoms with Crippen LogP contribution in [0.2, 0.25) is 0 Å². The van der Waals surface area contributed by atoms with E-state index in [2.05, 4.69) is 15.3 Å². The fourth-order valence-electron chi connectivity index (χ4n) is 4.04. The fourth-order valence-corrected chi connectivity index (χ4v) is 5.58. The van der Waals surface area contributed by atoms with E-state index in [-0.39, 0.29) is 40.9 Å². The molecule has 1 N–H and O–H groups in total. The average molecular weight is 496 g/mol. The Morgan fingerprint density at radius 3 is 2.55 bits per heavy atom. The van der Waals surface area contributed by atoms with Crippen LogP contribution in [0.15, 0.2) is 41.3 Å². The van der Waals surface area contributed by atoms with Gasteiger partial charge in [-0.2, -0.15) is 4.98 Å². The number of aryl methyl sites for hydroxylation is 1. The van der Waals surface area contributed by atoms with Crippen LogP contribution < -0.4 is 10.9 Å². The van der Waals surface area contributed by atoms with Crippen molar-refractivity contribution in [2.75, 3.05) is 24.2 Å². The predicted molar refractivity (Wildman–Crippen MR) is 130 cm³/mol. The topological polar surface area (TPSA) is 97.2 Å². The molecule has 1 saturated heterocycles. The highest BCUT2D eigenvalue weighted by Crippen LogP contribution is 2.23. The summed E-state index contributed by atoms with van der Waals surface area (Å²) >= 11 is 0. The maximum absolute atomic E-state index is 14.2. The van der Waals surface area contributed by atoms with Gasteiger partial charge in [-0.1, -0.05) is 25.1 Å². The second-order valence-electron chi connectivity index (χ2n) is 8.01. The average Bonchev–Trinajstić information content (AvgIpc) is 2.77. The van der Waals surface area contributed by atoms with Crippen molar-refractivity contribution in [3.8, 4) is 11.1 Å². The minimum absolute atomic E-state index is 0. The minimum Gasteiger partial charge on any atom is -0.351 e. The van der Waals surface area contributed by atoms with Crippen molar-refractivity contribution < 1.29 is 12.8 Å². The fraction of sp³-hybridized carbons (Fsp3) is 0.409. The number of fused-ring (bicyclic) bond motifs is 1. The van der Waals surface area contributed by atoms with E-state index in [1.54, 1.807) is 41.8 Å². The molecule has 178 valence electrons. The number of nitrogens with zero attached hydrogens (tertiary/aromatic N) is 4. The van der Waals surface area contributed by atoms with Crippen molar-refractivity contribution in [1.82, 2.24) is 18.8 Å². The highest BCUT2D eigenvalue weighted by molar-refractivity contribution is 7.89. The number of benzene rings is 1. The summed E-state index contributed by atoms with van der Waals surface area (Å²) < 4.78 is 41.6. The zero-order valence-corrected chi connectivity index (χ0v) is 20.1. The summed E-state index contributed by atoms with van der Waals surface area (Å²) in [7, 11) is -1.59. The summed E-state index contributed by atoms with van der Waals surface area (Å²) in [5.41, 5.74) is 0.585. The van der Waals surface area contributed by atoms with Crippen LogP contribution in [0.3, 0.4) is 0 Å². The van der Waals surface area contributed by atoms with Crippen LogP contribution in [0.1, 0.15) is 26.2 Å². The van der Waals surface area contributed by atoms with Crippen LogP contribution in [0.4, 0.5) is 10.3 Å². The number of pyridine rings is 1. The third kappa shape index (κ3) is 5.18. The summed E-state index contributed by atoms with van der Waals surface area (Å²) in [5.74, 6) is 0.0818. The van der Waals surface area contributed by atoms with Gasteiger partial charge in [-0.15, -0.1) is 12.4 Å². The van der Waals surface area contributed by atoms with E-state index in [0.717, 1.165) is 0 Å². The summed E-state index contributed by atoms with van der Waals surface area (Å²) in [6.45, 7) is 2.77. The Morgan fingerprint density at radius 2 is 1.88 bits per heavy atom. The molecule has 0 aliphatic carbocycles. The van der Waals surface area contributed by atoms with Gasteiger partial charge in [0.2, 0.25) is 16.0 Å². The van der Waals surface area contributed by atoms with Gasteiger partial charge in [-0.05, 0) is 31.4 Å². The van der Waals surface area contributed by atoms with Crippen molar-refractivity contribution in [3.05, 3.63) is 52.7 Å². The molecule has 0 saturated carbocycles. The lowest BCUT2D eigenvalue weighted by atomic mass is 10.1.